The minimum absolute atomic E-state index is 0.0344. The average molecular weight is 728 g/mol. The molecule has 11 heteroatoms. The molecule has 0 spiro atoms. The normalized spacial score (nSPS) is 15.9. The van der Waals surface area contributed by atoms with Gasteiger partial charge in [-0.1, -0.05) is 60.7 Å². The SMILES string of the molecule is O=C(CCN1CCC(OC(=O)Nc2ccccc2-c2ccccc2)CC1)NCCCCCN(Cc1ccc(O)cc1)C(=O)CCCN1CCC(O)CC1. The number of unbranched alkanes of at least 4 members (excludes halogenated alkanes) is 2. The lowest BCUT2D eigenvalue weighted by atomic mass is 10.0. The van der Waals surface area contributed by atoms with Crippen molar-refractivity contribution in [3.63, 3.8) is 0 Å². The molecule has 3 amide bonds. The third kappa shape index (κ3) is 13.8. The lowest BCUT2D eigenvalue weighted by molar-refractivity contribution is -0.132. The van der Waals surface area contributed by atoms with E-state index < -0.39 is 6.09 Å². The maximum atomic E-state index is 13.2. The van der Waals surface area contributed by atoms with Crippen molar-refractivity contribution in [2.45, 2.75) is 83.0 Å². The number of piperidine rings is 2. The summed E-state index contributed by atoms with van der Waals surface area (Å²) in [6.07, 6.45) is 6.53. The summed E-state index contributed by atoms with van der Waals surface area (Å²) >= 11 is 0. The number of hydrogen-bond acceptors (Lipinski definition) is 8. The van der Waals surface area contributed by atoms with Crippen LogP contribution in [0.1, 0.15) is 69.8 Å². The summed E-state index contributed by atoms with van der Waals surface area (Å²) in [5, 5.41) is 25.4. The Morgan fingerprint density at radius 3 is 2.19 bits per heavy atom. The predicted molar refractivity (Wildman–Crippen MR) is 207 cm³/mol. The first-order chi connectivity index (χ1) is 25.8. The molecule has 0 radical (unpaired) electrons. The molecule has 2 aliphatic rings. The van der Waals surface area contributed by atoms with Crippen molar-refractivity contribution in [1.29, 1.82) is 0 Å². The number of nitrogens with one attached hydrogen (secondary N) is 2. The smallest absolute Gasteiger partial charge is 0.411 e. The number of para-hydroxylation sites is 1. The molecule has 0 bridgehead atoms. The molecular weight excluding hydrogens is 670 g/mol. The summed E-state index contributed by atoms with van der Waals surface area (Å²) < 4.78 is 5.75. The topological polar surface area (TPSA) is 135 Å². The predicted octanol–water partition coefficient (Wildman–Crippen LogP) is 6.01. The summed E-state index contributed by atoms with van der Waals surface area (Å²) in [4.78, 5) is 45.1. The van der Waals surface area contributed by atoms with Gasteiger partial charge in [-0.3, -0.25) is 14.9 Å². The third-order valence-corrected chi connectivity index (χ3v) is 10.2. The Labute approximate surface area is 314 Å². The Morgan fingerprint density at radius 2 is 1.43 bits per heavy atom. The van der Waals surface area contributed by atoms with Gasteiger partial charge in [0, 0.05) is 70.8 Å². The van der Waals surface area contributed by atoms with Gasteiger partial charge in [-0.05, 0) is 87.2 Å². The van der Waals surface area contributed by atoms with Crippen LogP contribution in [0, 0.1) is 0 Å². The number of carbonyl (C=O) groups is 3. The lowest BCUT2D eigenvalue weighted by Crippen LogP contribution is -2.40. The second kappa shape index (κ2) is 21.3. The van der Waals surface area contributed by atoms with Crippen LogP contribution in [0.25, 0.3) is 11.1 Å². The van der Waals surface area contributed by atoms with Gasteiger partial charge in [0.15, 0.2) is 0 Å². The third-order valence-electron chi connectivity index (χ3n) is 10.2. The Morgan fingerprint density at radius 1 is 0.755 bits per heavy atom. The van der Waals surface area contributed by atoms with Crippen molar-refractivity contribution < 1.29 is 29.3 Å². The molecule has 3 aromatic carbocycles. The largest absolute Gasteiger partial charge is 0.508 e. The van der Waals surface area contributed by atoms with Crippen LogP contribution in [0.5, 0.6) is 5.75 Å². The number of likely N-dealkylation sites (tertiary alicyclic amines) is 2. The zero-order valence-corrected chi connectivity index (χ0v) is 31.0. The van der Waals surface area contributed by atoms with Crippen LogP contribution in [0.15, 0.2) is 78.9 Å². The van der Waals surface area contributed by atoms with E-state index >= 15 is 0 Å². The number of hydrogen-bond donors (Lipinski definition) is 4. The lowest BCUT2D eigenvalue weighted by Gasteiger charge is -2.31. The van der Waals surface area contributed by atoms with E-state index in [1.165, 1.54) is 0 Å². The molecule has 2 fully saturated rings. The first kappa shape index (κ1) is 39.8. The molecule has 53 heavy (non-hydrogen) atoms. The summed E-state index contributed by atoms with van der Waals surface area (Å²) in [5.74, 6) is 0.372. The zero-order chi connectivity index (χ0) is 37.3. The zero-order valence-electron chi connectivity index (χ0n) is 31.0. The monoisotopic (exact) mass is 727 g/mol. The number of rotatable bonds is 18. The Kier molecular flexibility index (Phi) is 16.0. The molecule has 2 heterocycles. The molecule has 4 N–H and O–H groups in total. The van der Waals surface area contributed by atoms with Gasteiger partial charge >= 0.3 is 6.09 Å². The molecule has 2 aliphatic heterocycles. The molecule has 286 valence electrons. The number of aliphatic hydroxyl groups is 1. The standard InChI is InChI=1S/C42H57N5O6/c48-35-17-15-33(16-18-35)32-47(41(51)14-9-25-45-27-19-36(49)20-28-45)26-8-2-7-24-43-40(50)23-31-46-29-21-37(22-30-46)53-42(52)44-39-13-6-5-12-38(39)34-10-3-1-4-11-34/h1,3-6,10-13,15-18,36-37,48-49H,2,7-9,14,19-32H2,(H,43,50)(H,44,52). The van der Waals surface area contributed by atoms with Crippen molar-refractivity contribution in [2.24, 2.45) is 0 Å². The van der Waals surface area contributed by atoms with E-state index in [1.807, 2.05) is 71.6 Å². The average Bonchev–Trinajstić information content (AvgIpc) is 3.17. The Bertz CT molecular complexity index is 1560. The number of aromatic hydroxyl groups is 1. The summed E-state index contributed by atoms with van der Waals surface area (Å²) in [6.45, 7) is 6.59. The Balaban J connectivity index is 0.934. The molecule has 0 saturated carbocycles. The van der Waals surface area contributed by atoms with Gasteiger partial charge in [-0.2, -0.15) is 0 Å². The molecular formula is C42H57N5O6. The van der Waals surface area contributed by atoms with Crippen LogP contribution in [0.4, 0.5) is 10.5 Å². The van der Waals surface area contributed by atoms with Gasteiger partial charge in [0.2, 0.25) is 11.8 Å². The van der Waals surface area contributed by atoms with Crippen molar-refractivity contribution in [3.8, 4) is 16.9 Å². The van der Waals surface area contributed by atoms with E-state index in [1.54, 1.807) is 12.1 Å². The van der Waals surface area contributed by atoms with Crippen LogP contribution in [-0.4, -0.2) is 107 Å². The van der Waals surface area contributed by atoms with Crippen molar-refractivity contribution in [1.82, 2.24) is 20.0 Å². The van der Waals surface area contributed by atoms with E-state index in [-0.39, 0.29) is 29.8 Å². The van der Waals surface area contributed by atoms with Gasteiger partial charge < -0.3 is 35.0 Å². The fourth-order valence-corrected chi connectivity index (χ4v) is 7.05. The van der Waals surface area contributed by atoms with Crippen LogP contribution in [0.3, 0.4) is 0 Å². The number of amides is 3. The van der Waals surface area contributed by atoms with Gasteiger partial charge in [0.05, 0.1) is 11.8 Å². The van der Waals surface area contributed by atoms with Crippen LogP contribution >= 0.6 is 0 Å². The van der Waals surface area contributed by atoms with Gasteiger partial charge in [-0.15, -0.1) is 0 Å². The minimum Gasteiger partial charge on any atom is -0.508 e. The van der Waals surface area contributed by atoms with Crippen molar-refractivity contribution >= 4 is 23.6 Å². The molecule has 0 aliphatic carbocycles. The van der Waals surface area contributed by atoms with Crippen molar-refractivity contribution in [3.05, 3.63) is 84.4 Å². The van der Waals surface area contributed by atoms with Crippen molar-refractivity contribution in [2.75, 3.05) is 57.7 Å². The van der Waals surface area contributed by atoms with Crippen LogP contribution < -0.4 is 10.6 Å². The van der Waals surface area contributed by atoms with E-state index in [2.05, 4.69) is 20.4 Å². The number of nitrogens with zero attached hydrogens (tertiary/aromatic N) is 3. The minimum atomic E-state index is -0.450. The van der Waals surface area contributed by atoms with Crippen LogP contribution in [-0.2, 0) is 20.9 Å². The van der Waals surface area contributed by atoms with Gasteiger partial charge in [0.25, 0.3) is 0 Å². The van der Waals surface area contributed by atoms with Gasteiger partial charge in [-0.25, -0.2) is 4.79 Å². The van der Waals surface area contributed by atoms with Gasteiger partial charge in [0.1, 0.15) is 11.9 Å². The number of phenols is 1. The molecule has 11 nitrogen and oxygen atoms in total. The fraction of sp³-hybridized carbons (Fsp3) is 0.500. The first-order valence-corrected chi connectivity index (χ1v) is 19.4. The second-order valence-corrected chi connectivity index (χ2v) is 14.3. The summed E-state index contributed by atoms with van der Waals surface area (Å²) in [5.41, 5.74) is 3.66. The molecule has 0 unspecified atom stereocenters. The van der Waals surface area contributed by atoms with E-state index in [0.717, 1.165) is 101 Å². The molecule has 5 rings (SSSR count). The number of carbonyl (C=O) groups excluding carboxylic acids is 3. The molecule has 3 aromatic rings. The van der Waals surface area contributed by atoms with Crippen LogP contribution in [0.2, 0.25) is 0 Å². The number of anilines is 1. The van der Waals surface area contributed by atoms with E-state index in [0.29, 0.717) is 44.7 Å². The highest BCUT2D eigenvalue weighted by molar-refractivity contribution is 5.91. The fourth-order valence-electron chi connectivity index (χ4n) is 7.05. The number of phenolic OH excluding ortho intramolecular Hbond substituents is 1. The highest BCUT2D eigenvalue weighted by atomic mass is 16.6. The quantitative estimate of drug-likeness (QED) is 0.117. The Hall–Kier alpha value is -4.45. The second-order valence-electron chi connectivity index (χ2n) is 14.3. The number of ether oxygens (including phenoxy) is 1. The maximum absolute atomic E-state index is 13.2. The number of benzene rings is 3. The first-order valence-electron chi connectivity index (χ1n) is 19.4. The summed E-state index contributed by atoms with van der Waals surface area (Å²) in [7, 11) is 0. The molecule has 0 atom stereocenters. The highest BCUT2D eigenvalue weighted by Crippen LogP contribution is 2.28. The molecule has 0 aromatic heterocycles. The summed E-state index contributed by atoms with van der Waals surface area (Å²) in [6, 6.07) is 24.6. The molecule has 2 saturated heterocycles. The number of aliphatic hydroxyl groups excluding tert-OH is 1. The van der Waals surface area contributed by atoms with E-state index in [4.69, 9.17) is 4.74 Å². The highest BCUT2D eigenvalue weighted by Gasteiger charge is 2.23. The van der Waals surface area contributed by atoms with E-state index in [9.17, 15) is 24.6 Å². The maximum Gasteiger partial charge on any atom is 0.411 e.